The van der Waals surface area contributed by atoms with Gasteiger partial charge in [-0.3, -0.25) is 19.1 Å². The predicted octanol–water partition coefficient (Wildman–Crippen LogP) is 2.86. The maximum absolute atomic E-state index is 13.2. The van der Waals surface area contributed by atoms with Crippen LogP contribution in [0.5, 0.6) is 5.75 Å². The van der Waals surface area contributed by atoms with E-state index in [0.717, 1.165) is 25.4 Å². The molecule has 8 nitrogen and oxygen atoms in total. The number of hydrogen-bond acceptors (Lipinski definition) is 7. The second kappa shape index (κ2) is 11.3. The lowest BCUT2D eigenvalue weighted by molar-refractivity contribution is -0.113. The van der Waals surface area contributed by atoms with Gasteiger partial charge < -0.3 is 14.8 Å². The van der Waals surface area contributed by atoms with Gasteiger partial charge in [0.15, 0.2) is 5.16 Å². The zero-order valence-corrected chi connectivity index (χ0v) is 19.5. The number of nitrogens with one attached hydrogen (secondary N) is 1. The number of nitrogens with zero attached hydrogens (tertiary/aromatic N) is 3. The van der Waals surface area contributed by atoms with Crippen LogP contribution in [0.25, 0.3) is 10.9 Å². The Balaban J connectivity index is 1.46. The van der Waals surface area contributed by atoms with Crippen LogP contribution in [-0.2, 0) is 16.1 Å². The van der Waals surface area contributed by atoms with Crippen molar-refractivity contribution in [3.63, 3.8) is 0 Å². The molecule has 2 heterocycles. The minimum Gasteiger partial charge on any atom is -0.494 e. The number of rotatable bonds is 9. The van der Waals surface area contributed by atoms with Crippen LogP contribution in [0.2, 0.25) is 0 Å². The van der Waals surface area contributed by atoms with Crippen LogP contribution in [0, 0.1) is 0 Å². The van der Waals surface area contributed by atoms with Crippen LogP contribution in [0.1, 0.15) is 6.92 Å². The molecule has 9 heteroatoms. The van der Waals surface area contributed by atoms with E-state index in [2.05, 4.69) is 10.2 Å². The second-order valence-electron chi connectivity index (χ2n) is 7.62. The second-order valence-corrected chi connectivity index (χ2v) is 8.56. The van der Waals surface area contributed by atoms with E-state index in [1.165, 1.54) is 11.8 Å². The molecule has 1 N–H and O–H groups in total. The maximum atomic E-state index is 13.2. The summed E-state index contributed by atoms with van der Waals surface area (Å²) in [4.78, 5) is 32.7. The molecule has 1 fully saturated rings. The average Bonchev–Trinajstić information content (AvgIpc) is 2.84. The molecule has 1 amide bonds. The molecule has 0 saturated carbocycles. The minimum absolute atomic E-state index is 0.0803. The molecule has 4 rings (SSSR count). The third-order valence-corrected chi connectivity index (χ3v) is 6.33. The topological polar surface area (TPSA) is 85.7 Å². The SMILES string of the molecule is CCOc1ccc(NC(=O)CSc2nc3ccccc3c(=O)n2CCN2CCOCC2)cc1. The molecular formula is C24H28N4O4S. The number of thioether (sulfide) groups is 1. The van der Waals surface area contributed by atoms with Crippen molar-refractivity contribution in [1.82, 2.24) is 14.5 Å². The molecule has 33 heavy (non-hydrogen) atoms. The lowest BCUT2D eigenvalue weighted by Gasteiger charge is -2.27. The largest absolute Gasteiger partial charge is 0.494 e. The summed E-state index contributed by atoms with van der Waals surface area (Å²) in [5, 5.41) is 4.02. The molecule has 0 radical (unpaired) electrons. The average molecular weight is 469 g/mol. The number of carbonyl (C=O) groups excluding carboxylic acids is 1. The smallest absolute Gasteiger partial charge is 0.262 e. The zero-order chi connectivity index (χ0) is 23.0. The number of hydrogen-bond donors (Lipinski definition) is 1. The van der Waals surface area contributed by atoms with E-state index < -0.39 is 0 Å². The van der Waals surface area contributed by atoms with Crippen molar-refractivity contribution in [3.05, 3.63) is 58.9 Å². The van der Waals surface area contributed by atoms with Gasteiger partial charge in [-0.2, -0.15) is 0 Å². The zero-order valence-electron chi connectivity index (χ0n) is 18.7. The Morgan fingerprint density at radius 1 is 1.12 bits per heavy atom. The van der Waals surface area contributed by atoms with Crippen molar-refractivity contribution in [2.45, 2.75) is 18.6 Å². The van der Waals surface area contributed by atoms with Crippen molar-refractivity contribution in [3.8, 4) is 5.75 Å². The highest BCUT2D eigenvalue weighted by molar-refractivity contribution is 7.99. The normalized spacial score (nSPS) is 14.3. The molecule has 1 aliphatic heterocycles. The van der Waals surface area contributed by atoms with E-state index in [0.29, 0.717) is 48.1 Å². The number of amides is 1. The first-order chi connectivity index (χ1) is 16.1. The van der Waals surface area contributed by atoms with Crippen LogP contribution < -0.4 is 15.6 Å². The number of anilines is 1. The number of fused-ring (bicyclic) bond motifs is 1. The molecule has 0 atom stereocenters. The summed E-state index contributed by atoms with van der Waals surface area (Å²) in [5.74, 6) is 0.746. The Morgan fingerprint density at radius 2 is 1.88 bits per heavy atom. The molecule has 174 valence electrons. The van der Waals surface area contributed by atoms with E-state index in [1.54, 1.807) is 22.8 Å². The number of benzene rings is 2. The fourth-order valence-electron chi connectivity index (χ4n) is 3.65. The van der Waals surface area contributed by atoms with Crippen LogP contribution in [0.15, 0.2) is 58.5 Å². The van der Waals surface area contributed by atoms with Crippen LogP contribution >= 0.6 is 11.8 Å². The van der Waals surface area contributed by atoms with Gasteiger partial charge in [-0.1, -0.05) is 23.9 Å². The molecule has 0 spiro atoms. The van der Waals surface area contributed by atoms with Crippen molar-refractivity contribution in [2.24, 2.45) is 0 Å². The Hall–Kier alpha value is -2.88. The molecule has 0 unspecified atom stereocenters. The molecular weight excluding hydrogens is 440 g/mol. The third-order valence-electron chi connectivity index (χ3n) is 5.35. The monoisotopic (exact) mass is 468 g/mol. The van der Waals surface area contributed by atoms with Crippen molar-refractivity contribution < 1.29 is 14.3 Å². The molecule has 0 bridgehead atoms. The van der Waals surface area contributed by atoms with Gasteiger partial charge in [0.2, 0.25) is 5.91 Å². The van der Waals surface area contributed by atoms with E-state index in [9.17, 15) is 9.59 Å². The van der Waals surface area contributed by atoms with Gasteiger partial charge in [-0.15, -0.1) is 0 Å². The van der Waals surface area contributed by atoms with Gasteiger partial charge in [-0.25, -0.2) is 4.98 Å². The highest BCUT2D eigenvalue weighted by atomic mass is 32.2. The van der Waals surface area contributed by atoms with E-state index in [-0.39, 0.29) is 17.2 Å². The number of morpholine rings is 1. The summed E-state index contributed by atoms with van der Waals surface area (Å²) >= 11 is 1.27. The fraction of sp³-hybridized carbons (Fsp3) is 0.375. The van der Waals surface area contributed by atoms with Crippen molar-refractivity contribution in [1.29, 1.82) is 0 Å². The number of para-hydroxylation sites is 1. The van der Waals surface area contributed by atoms with Gasteiger partial charge in [-0.05, 0) is 43.3 Å². The predicted molar refractivity (Wildman–Crippen MR) is 130 cm³/mol. The number of ether oxygens (including phenoxy) is 2. The molecule has 1 saturated heterocycles. The van der Waals surface area contributed by atoms with Crippen LogP contribution in [0.4, 0.5) is 5.69 Å². The van der Waals surface area contributed by atoms with Gasteiger partial charge in [0.05, 0.1) is 36.5 Å². The third kappa shape index (κ3) is 6.13. The highest BCUT2D eigenvalue weighted by Crippen LogP contribution is 2.20. The van der Waals surface area contributed by atoms with E-state index >= 15 is 0 Å². The first kappa shape index (κ1) is 23.3. The number of aromatic nitrogens is 2. The molecule has 1 aliphatic rings. The lowest BCUT2D eigenvalue weighted by atomic mass is 10.2. The van der Waals surface area contributed by atoms with Gasteiger partial charge in [0.25, 0.3) is 5.56 Å². The first-order valence-electron chi connectivity index (χ1n) is 11.1. The lowest BCUT2D eigenvalue weighted by Crippen LogP contribution is -2.39. The molecule has 2 aromatic carbocycles. The van der Waals surface area contributed by atoms with E-state index in [4.69, 9.17) is 14.5 Å². The Morgan fingerprint density at radius 3 is 2.64 bits per heavy atom. The summed E-state index contributed by atoms with van der Waals surface area (Å²) in [6.45, 7) is 6.87. The fourth-order valence-corrected chi connectivity index (χ4v) is 4.47. The molecule has 1 aromatic heterocycles. The van der Waals surface area contributed by atoms with Gasteiger partial charge >= 0.3 is 0 Å². The first-order valence-corrected chi connectivity index (χ1v) is 12.1. The van der Waals surface area contributed by atoms with Gasteiger partial charge in [0, 0.05) is 31.9 Å². The maximum Gasteiger partial charge on any atom is 0.262 e. The quantitative estimate of drug-likeness (QED) is 0.382. The summed E-state index contributed by atoms with van der Waals surface area (Å²) < 4.78 is 12.5. The van der Waals surface area contributed by atoms with Crippen molar-refractivity contribution in [2.75, 3.05) is 50.5 Å². The van der Waals surface area contributed by atoms with E-state index in [1.807, 2.05) is 37.3 Å². The summed E-state index contributed by atoms with van der Waals surface area (Å²) in [7, 11) is 0. The Labute approximate surface area is 196 Å². The Bertz CT molecular complexity index is 1140. The molecule has 0 aliphatic carbocycles. The summed E-state index contributed by atoms with van der Waals surface area (Å²) in [6, 6.07) is 14.6. The van der Waals surface area contributed by atoms with Crippen LogP contribution in [0.3, 0.4) is 0 Å². The van der Waals surface area contributed by atoms with Crippen molar-refractivity contribution >= 4 is 34.3 Å². The van der Waals surface area contributed by atoms with Gasteiger partial charge in [0.1, 0.15) is 5.75 Å². The minimum atomic E-state index is -0.161. The summed E-state index contributed by atoms with van der Waals surface area (Å²) in [6.07, 6.45) is 0. The number of carbonyl (C=O) groups is 1. The molecule has 3 aromatic rings. The van der Waals surface area contributed by atoms with Crippen LogP contribution in [-0.4, -0.2) is 65.6 Å². The standard InChI is InChI=1S/C24H28N4O4S/c1-2-32-19-9-7-18(8-10-19)25-22(29)17-33-24-26-21-6-4-3-5-20(21)23(30)28(24)12-11-27-13-15-31-16-14-27/h3-10H,2,11-17H2,1H3,(H,25,29). The summed E-state index contributed by atoms with van der Waals surface area (Å²) in [5.41, 5.74) is 1.25. The Kier molecular flexibility index (Phi) is 7.98. The highest BCUT2D eigenvalue weighted by Gasteiger charge is 2.16.